The van der Waals surface area contributed by atoms with Gasteiger partial charge in [-0.05, 0) is 30.0 Å². The molecule has 0 atom stereocenters. The van der Waals surface area contributed by atoms with Gasteiger partial charge in [-0.15, -0.1) is 0 Å². The molecule has 0 bridgehead atoms. The van der Waals surface area contributed by atoms with Gasteiger partial charge < -0.3 is 15.7 Å². The first-order valence-electron chi connectivity index (χ1n) is 5.19. The molecule has 2 aromatic heterocycles. The van der Waals surface area contributed by atoms with Gasteiger partial charge in [-0.3, -0.25) is 4.79 Å². The van der Waals surface area contributed by atoms with Crippen LogP contribution in [0.1, 0.15) is 0 Å². The van der Waals surface area contributed by atoms with Crippen LogP contribution in [0.5, 0.6) is 0 Å². The third-order valence-electron chi connectivity index (χ3n) is 2.33. The minimum atomic E-state index is -0.187. The molecule has 7 heteroatoms. The fraction of sp³-hybridized carbons (Fsp3) is 0. The van der Waals surface area contributed by atoms with E-state index in [1.54, 1.807) is 6.07 Å². The number of aromatic nitrogens is 4. The molecule has 0 fully saturated rings. The van der Waals surface area contributed by atoms with E-state index in [2.05, 4.69) is 19.9 Å². The first-order chi connectivity index (χ1) is 8.70. The molecule has 0 saturated carbocycles. The number of benzene rings is 1. The normalized spacial score (nSPS) is 10.9. The van der Waals surface area contributed by atoms with Crippen molar-refractivity contribution in [3.8, 4) is 0 Å². The molecule has 18 heavy (non-hydrogen) atoms. The van der Waals surface area contributed by atoms with E-state index in [1.165, 1.54) is 24.0 Å². The summed E-state index contributed by atoms with van der Waals surface area (Å²) in [7, 11) is 0. The minimum Gasteiger partial charge on any atom is -0.399 e. The number of anilines is 1. The smallest absolute Gasteiger partial charge is 0.251 e. The Labute approximate surface area is 106 Å². The second-order valence-corrected chi connectivity index (χ2v) is 4.64. The molecular weight excluding hydrogens is 250 g/mol. The van der Waals surface area contributed by atoms with Gasteiger partial charge in [0.1, 0.15) is 0 Å². The van der Waals surface area contributed by atoms with Gasteiger partial charge >= 0.3 is 0 Å². The molecule has 3 aromatic rings. The summed E-state index contributed by atoms with van der Waals surface area (Å²) in [6.45, 7) is 0. The standard InChI is InChI=1S/C11H9N5OS/c12-6-1-2-7-8(5-6)15-11(14-7)18-10-13-4-3-9(17)16-10/h1-5H,12H2,(H,14,15)(H,13,16,17). The summed E-state index contributed by atoms with van der Waals surface area (Å²) < 4.78 is 0. The molecular formula is C11H9N5OS. The highest BCUT2D eigenvalue weighted by molar-refractivity contribution is 7.99. The van der Waals surface area contributed by atoms with Crippen LogP contribution in [0.2, 0.25) is 0 Å². The van der Waals surface area contributed by atoms with Gasteiger partial charge in [0.25, 0.3) is 5.56 Å². The molecule has 0 amide bonds. The summed E-state index contributed by atoms with van der Waals surface area (Å²) in [4.78, 5) is 25.3. The molecule has 6 nitrogen and oxygen atoms in total. The van der Waals surface area contributed by atoms with Crippen molar-refractivity contribution in [1.82, 2.24) is 19.9 Å². The molecule has 2 heterocycles. The van der Waals surface area contributed by atoms with Gasteiger partial charge in [0.15, 0.2) is 10.3 Å². The average molecular weight is 259 g/mol. The number of H-pyrrole nitrogens is 2. The van der Waals surface area contributed by atoms with Gasteiger partial charge in [-0.1, -0.05) is 0 Å². The van der Waals surface area contributed by atoms with Gasteiger partial charge in [-0.2, -0.15) is 0 Å². The van der Waals surface area contributed by atoms with Crippen LogP contribution < -0.4 is 11.3 Å². The molecule has 0 spiro atoms. The van der Waals surface area contributed by atoms with Crippen LogP contribution in [0.4, 0.5) is 5.69 Å². The number of rotatable bonds is 2. The Balaban J connectivity index is 1.98. The highest BCUT2D eigenvalue weighted by Gasteiger charge is 2.06. The van der Waals surface area contributed by atoms with Crippen molar-refractivity contribution in [2.75, 3.05) is 5.73 Å². The number of hydrogen-bond acceptors (Lipinski definition) is 5. The van der Waals surface area contributed by atoms with Gasteiger partial charge in [0.05, 0.1) is 11.0 Å². The van der Waals surface area contributed by atoms with Crippen molar-refractivity contribution in [3.63, 3.8) is 0 Å². The Kier molecular flexibility index (Phi) is 2.52. The predicted molar refractivity (Wildman–Crippen MR) is 69.5 cm³/mol. The first-order valence-corrected chi connectivity index (χ1v) is 6.01. The monoisotopic (exact) mass is 259 g/mol. The molecule has 1 aromatic carbocycles. The Hall–Kier alpha value is -2.28. The fourth-order valence-electron chi connectivity index (χ4n) is 1.55. The minimum absolute atomic E-state index is 0.187. The number of fused-ring (bicyclic) bond motifs is 1. The molecule has 90 valence electrons. The Bertz CT molecular complexity index is 763. The third kappa shape index (κ3) is 2.07. The van der Waals surface area contributed by atoms with E-state index in [-0.39, 0.29) is 5.56 Å². The molecule has 3 rings (SSSR count). The van der Waals surface area contributed by atoms with Crippen molar-refractivity contribution in [3.05, 3.63) is 40.8 Å². The summed E-state index contributed by atoms with van der Waals surface area (Å²) in [6, 6.07) is 6.81. The maximum atomic E-state index is 11.1. The Morgan fingerprint density at radius 2 is 2.06 bits per heavy atom. The molecule has 0 aliphatic heterocycles. The maximum Gasteiger partial charge on any atom is 0.251 e. The number of nitrogens with zero attached hydrogens (tertiary/aromatic N) is 2. The summed E-state index contributed by atoms with van der Waals surface area (Å²) in [5.74, 6) is 0. The predicted octanol–water partition coefficient (Wildman–Crippen LogP) is 1.38. The Morgan fingerprint density at radius 1 is 1.17 bits per heavy atom. The largest absolute Gasteiger partial charge is 0.399 e. The number of nitrogen functional groups attached to an aromatic ring is 1. The van der Waals surface area contributed by atoms with Gasteiger partial charge in [0.2, 0.25) is 0 Å². The van der Waals surface area contributed by atoms with Crippen LogP contribution in [-0.4, -0.2) is 19.9 Å². The van der Waals surface area contributed by atoms with Crippen molar-refractivity contribution in [2.45, 2.75) is 10.3 Å². The maximum absolute atomic E-state index is 11.1. The third-order valence-corrected chi connectivity index (χ3v) is 3.11. The van der Waals surface area contributed by atoms with E-state index < -0.39 is 0 Å². The molecule has 4 N–H and O–H groups in total. The lowest BCUT2D eigenvalue weighted by atomic mass is 10.3. The molecule has 0 radical (unpaired) electrons. The van der Waals surface area contributed by atoms with Crippen LogP contribution in [0.3, 0.4) is 0 Å². The van der Waals surface area contributed by atoms with Crippen LogP contribution in [0.15, 0.2) is 45.6 Å². The van der Waals surface area contributed by atoms with E-state index in [1.807, 2.05) is 12.1 Å². The zero-order valence-electron chi connectivity index (χ0n) is 9.18. The lowest BCUT2D eigenvalue weighted by Gasteiger charge is -1.94. The highest BCUT2D eigenvalue weighted by atomic mass is 32.2. The zero-order chi connectivity index (χ0) is 12.5. The summed E-state index contributed by atoms with van der Waals surface area (Å²) in [5, 5.41) is 1.15. The second-order valence-electron chi connectivity index (χ2n) is 3.66. The zero-order valence-corrected chi connectivity index (χ0v) is 9.99. The number of nitrogens with one attached hydrogen (secondary N) is 2. The van der Waals surface area contributed by atoms with Gasteiger partial charge in [-0.25, -0.2) is 9.97 Å². The fourth-order valence-corrected chi connectivity index (χ4v) is 2.30. The molecule has 0 aliphatic rings. The van der Waals surface area contributed by atoms with Crippen LogP contribution >= 0.6 is 11.8 Å². The lowest BCUT2D eigenvalue weighted by Crippen LogP contribution is -2.05. The Morgan fingerprint density at radius 3 is 2.89 bits per heavy atom. The lowest BCUT2D eigenvalue weighted by molar-refractivity contribution is 0.927. The summed E-state index contributed by atoms with van der Waals surface area (Å²) in [5.41, 5.74) is 7.86. The first kappa shape index (κ1) is 10.8. The number of nitrogens with two attached hydrogens (primary N) is 1. The summed E-state index contributed by atoms with van der Waals surface area (Å²) in [6.07, 6.45) is 1.46. The van der Waals surface area contributed by atoms with Crippen molar-refractivity contribution >= 4 is 28.5 Å². The van der Waals surface area contributed by atoms with E-state index >= 15 is 0 Å². The van der Waals surface area contributed by atoms with Crippen LogP contribution in [-0.2, 0) is 0 Å². The second kappa shape index (κ2) is 4.19. The van der Waals surface area contributed by atoms with E-state index in [4.69, 9.17) is 5.73 Å². The van der Waals surface area contributed by atoms with Crippen LogP contribution in [0, 0.1) is 0 Å². The highest BCUT2D eigenvalue weighted by Crippen LogP contribution is 2.24. The average Bonchev–Trinajstić information content (AvgIpc) is 2.70. The van der Waals surface area contributed by atoms with Crippen molar-refractivity contribution in [2.24, 2.45) is 0 Å². The molecule has 0 aliphatic carbocycles. The van der Waals surface area contributed by atoms with E-state index in [0.717, 1.165) is 11.0 Å². The topological polar surface area (TPSA) is 100 Å². The van der Waals surface area contributed by atoms with E-state index in [9.17, 15) is 4.79 Å². The SMILES string of the molecule is Nc1ccc2nc(Sc3nccc(=O)[nH]3)[nH]c2c1. The number of imidazole rings is 1. The van der Waals surface area contributed by atoms with Gasteiger partial charge in [0, 0.05) is 18.0 Å². The quantitative estimate of drug-likeness (QED) is 0.477. The number of aromatic amines is 2. The van der Waals surface area contributed by atoms with E-state index in [0.29, 0.717) is 16.0 Å². The van der Waals surface area contributed by atoms with Crippen molar-refractivity contribution in [1.29, 1.82) is 0 Å². The van der Waals surface area contributed by atoms with Crippen LogP contribution in [0.25, 0.3) is 11.0 Å². The number of hydrogen-bond donors (Lipinski definition) is 3. The molecule has 0 saturated heterocycles. The van der Waals surface area contributed by atoms with Crippen molar-refractivity contribution < 1.29 is 0 Å². The molecule has 0 unspecified atom stereocenters. The summed E-state index contributed by atoms with van der Waals surface area (Å²) >= 11 is 1.26.